The lowest BCUT2D eigenvalue weighted by Gasteiger charge is -2.16. The summed E-state index contributed by atoms with van der Waals surface area (Å²) in [6.45, 7) is 3.68. The molecule has 0 saturated heterocycles. The maximum absolute atomic E-state index is 12.7. The quantitative estimate of drug-likeness (QED) is 0.718. The van der Waals surface area contributed by atoms with E-state index < -0.39 is 11.7 Å². The predicted molar refractivity (Wildman–Crippen MR) is 79.1 cm³/mol. The fourth-order valence-corrected chi connectivity index (χ4v) is 1.91. The Balaban J connectivity index is 2.36. The molecule has 0 atom stereocenters. The molecule has 0 bridgehead atoms. The number of halogens is 3. The highest BCUT2D eigenvalue weighted by Crippen LogP contribution is 2.36. The van der Waals surface area contributed by atoms with Gasteiger partial charge in [-0.3, -0.25) is 4.79 Å². The maximum atomic E-state index is 12.7. The molecule has 0 N–H and O–H groups in total. The molecular formula is C17H15F3O3. The van der Waals surface area contributed by atoms with Gasteiger partial charge in [-0.25, -0.2) is 0 Å². The van der Waals surface area contributed by atoms with E-state index >= 15 is 0 Å². The van der Waals surface area contributed by atoms with Crippen LogP contribution in [0.15, 0.2) is 42.5 Å². The third kappa shape index (κ3) is 4.25. The minimum absolute atomic E-state index is 0.0350. The first kappa shape index (κ1) is 16.9. The highest BCUT2D eigenvalue weighted by atomic mass is 19.4. The van der Waals surface area contributed by atoms with E-state index in [-0.39, 0.29) is 17.4 Å². The third-order valence-corrected chi connectivity index (χ3v) is 2.90. The Morgan fingerprint density at radius 2 is 1.65 bits per heavy atom. The number of para-hydroxylation sites is 2. The molecular weight excluding hydrogens is 309 g/mol. The number of rotatable bonds is 5. The Bertz CT molecular complexity index is 694. The molecule has 0 aliphatic heterocycles. The van der Waals surface area contributed by atoms with Crippen molar-refractivity contribution in [3.8, 4) is 17.2 Å². The van der Waals surface area contributed by atoms with Crippen molar-refractivity contribution in [1.29, 1.82) is 0 Å². The SMILES string of the molecule is CC(C)Oc1ccccc1Oc1ccc(C(F)(F)F)cc1C=O. The van der Waals surface area contributed by atoms with Crippen molar-refractivity contribution < 1.29 is 27.4 Å². The predicted octanol–water partition coefficient (Wildman–Crippen LogP) is 5.10. The molecule has 2 aromatic rings. The average molecular weight is 324 g/mol. The zero-order chi connectivity index (χ0) is 17.0. The van der Waals surface area contributed by atoms with Gasteiger partial charge in [0.2, 0.25) is 0 Å². The molecule has 2 aromatic carbocycles. The number of hydrogen-bond acceptors (Lipinski definition) is 3. The lowest BCUT2D eigenvalue weighted by Crippen LogP contribution is -2.07. The van der Waals surface area contributed by atoms with Crippen LogP contribution >= 0.6 is 0 Å². The van der Waals surface area contributed by atoms with Gasteiger partial charge in [-0.1, -0.05) is 12.1 Å². The summed E-state index contributed by atoms with van der Waals surface area (Å²) in [5, 5.41) is 0. The number of benzene rings is 2. The second kappa shape index (κ2) is 6.73. The molecule has 6 heteroatoms. The molecule has 3 nitrogen and oxygen atoms in total. The average Bonchev–Trinajstić information content (AvgIpc) is 2.48. The van der Waals surface area contributed by atoms with Crippen LogP contribution < -0.4 is 9.47 Å². The highest BCUT2D eigenvalue weighted by molar-refractivity contribution is 5.80. The van der Waals surface area contributed by atoms with Crippen molar-refractivity contribution in [3.63, 3.8) is 0 Å². The van der Waals surface area contributed by atoms with E-state index in [2.05, 4.69) is 0 Å². The molecule has 2 rings (SSSR count). The van der Waals surface area contributed by atoms with E-state index in [1.54, 1.807) is 24.3 Å². The number of ether oxygens (including phenoxy) is 2. The van der Waals surface area contributed by atoms with Crippen molar-refractivity contribution in [2.24, 2.45) is 0 Å². The smallest absolute Gasteiger partial charge is 0.416 e. The Morgan fingerprint density at radius 3 is 2.22 bits per heavy atom. The van der Waals surface area contributed by atoms with Crippen molar-refractivity contribution in [2.75, 3.05) is 0 Å². The summed E-state index contributed by atoms with van der Waals surface area (Å²) in [5.41, 5.74) is -1.09. The van der Waals surface area contributed by atoms with Gasteiger partial charge in [0, 0.05) is 0 Å². The van der Waals surface area contributed by atoms with Gasteiger partial charge in [0.05, 0.1) is 17.2 Å². The normalized spacial score (nSPS) is 11.4. The standard InChI is InChI=1S/C17H15F3O3/c1-11(2)22-15-5-3-4-6-16(15)23-14-8-7-13(17(18,19)20)9-12(14)10-21/h3-11H,1-2H3. The second-order valence-corrected chi connectivity index (χ2v) is 5.08. The summed E-state index contributed by atoms with van der Waals surface area (Å²) in [7, 11) is 0. The molecule has 23 heavy (non-hydrogen) atoms. The van der Waals surface area contributed by atoms with Gasteiger partial charge in [-0.05, 0) is 44.2 Å². The van der Waals surface area contributed by atoms with E-state index in [0.717, 1.165) is 18.2 Å². The number of alkyl halides is 3. The van der Waals surface area contributed by atoms with Crippen LogP contribution in [0.3, 0.4) is 0 Å². The lowest BCUT2D eigenvalue weighted by atomic mass is 10.1. The van der Waals surface area contributed by atoms with E-state index in [1.165, 1.54) is 0 Å². The molecule has 0 fully saturated rings. The summed E-state index contributed by atoms with van der Waals surface area (Å²) >= 11 is 0. The monoisotopic (exact) mass is 324 g/mol. The van der Waals surface area contributed by atoms with Gasteiger partial charge in [0.15, 0.2) is 17.8 Å². The zero-order valence-electron chi connectivity index (χ0n) is 12.6. The fourth-order valence-electron chi connectivity index (χ4n) is 1.91. The van der Waals surface area contributed by atoms with Gasteiger partial charge < -0.3 is 9.47 Å². The molecule has 0 aliphatic carbocycles. The number of hydrogen-bond donors (Lipinski definition) is 0. The molecule has 0 heterocycles. The maximum Gasteiger partial charge on any atom is 0.416 e. The highest BCUT2D eigenvalue weighted by Gasteiger charge is 2.31. The number of carbonyl (C=O) groups excluding carboxylic acids is 1. The first-order chi connectivity index (χ1) is 10.8. The van der Waals surface area contributed by atoms with Crippen molar-refractivity contribution in [1.82, 2.24) is 0 Å². The minimum atomic E-state index is -4.52. The molecule has 0 aliphatic rings. The van der Waals surface area contributed by atoms with Crippen LogP contribution in [0.25, 0.3) is 0 Å². The summed E-state index contributed by atoms with van der Waals surface area (Å²) in [5.74, 6) is 0.802. The van der Waals surface area contributed by atoms with Crippen molar-refractivity contribution >= 4 is 6.29 Å². The minimum Gasteiger partial charge on any atom is -0.487 e. The number of carbonyl (C=O) groups is 1. The topological polar surface area (TPSA) is 35.5 Å². The van der Waals surface area contributed by atoms with Crippen LogP contribution in [0.1, 0.15) is 29.8 Å². The molecule has 0 saturated carbocycles. The molecule has 0 spiro atoms. The summed E-state index contributed by atoms with van der Waals surface area (Å²) in [6.07, 6.45) is -4.29. The van der Waals surface area contributed by atoms with Crippen LogP contribution in [0.2, 0.25) is 0 Å². The Hall–Kier alpha value is -2.50. The van der Waals surface area contributed by atoms with Crippen LogP contribution in [0, 0.1) is 0 Å². The van der Waals surface area contributed by atoms with E-state index in [4.69, 9.17) is 9.47 Å². The van der Waals surface area contributed by atoms with Gasteiger partial charge >= 0.3 is 6.18 Å². The molecule has 122 valence electrons. The first-order valence-corrected chi connectivity index (χ1v) is 6.91. The zero-order valence-corrected chi connectivity index (χ0v) is 12.6. The van der Waals surface area contributed by atoms with Crippen molar-refractivity contribution in [3.05, 3.63) is 53.6 Å². The van der Waals surface area contributed by atoms with E-state index in [1.807, 2.05) is 13.8 Å². The summed E-state index contributed by atoms with van der Waals surface area (Å²) < 4.78 is 49.2. The van der Waals surface area contributed by atoms with Gasteiger partial charge in [0.25, 0.3) is 0 Å². The molecule has 0 aromatic heterocycles. The third-order valence-electron chi connectivity index (χ3n) is 2.90. The Morgan fingerprint density at radius 1 is 1.00 bits per heavy atom. The van der Waals surface area contributed by atoms with Crippen LogP contribution in [0.5, 0.6) is 17.2 Å². The Kier molecular flexibility index (Phi) is 4.93. The second-order valence-electron chi connectivity index (χ2n) is 5.08. The lowest BCUT2D eigenvalue weighted by molar-refractivity contribution is -0.137. The Labute approximate surface area is 131 Å². The first-order valence-electron chi connectivity index (χ1n) is 6.91. The number of aldehydes is 1. The largest absolute Gasteiger partial charge is 0.487 e. The summed E-state index contributed by atoms with van der Waals surface area (Å²) in [6, 6.07) is 9.50. The van der Waals surface area contributed by atoms with E-state index in [9.17, 15) is 18.0 Å². The molecule has 0 unspecified atom stereocenters. The fraction of sp³-hybridized carbons (Fsp3) is 0.235. The van der Waals surface area contributed by atoms with Gasteiger partial charge in [-0.15, -0.1) is 0 Å². The molecule has 0 radical (unpaired) electrons. The van der Waals surface area contributed by atoms with Crippen LogP contribution in [-0.2, 0) is 6.18 Å². The van der Waals surface area contributed by atoms with Crippen molar-refractivity contribution in [2.45, 2.75) is 26.1 Å². The summed E-state index contributed by atoms with van der Waals surface area (Å²) in [4.78, 5) is 11.1. The van der Waals surface area contributed by atoms with Crippen LogP contribution in [-0.4, -0.2) is 12.4 Å². The van der Waals surface area contributed by atoms with Gasteiger partial charge in [-0.2, -0.15) is 13.2 Å². The van der Waals surface area contributed by atoms with E-state index in [0.29, 0.717) is 17.8 Å². The molecule has 0 amide bonds. The van der Waals surface area contributed by atoms with Crippen LogP contribution in [0.4, 0.5) is 13.2 Å². The van der Waals surface area contributed by atoms with Gasteiger partial charge in [0.1, 0.15) is 5.75 Å².